The third kappa shape index (κ3) is 4.68. The molecule has 0 amide bonds. The zero-order chi connectivity index (χ0) is 19.1. The van der Waals surface area contributed by atoms with Crippen LogP contribution < -0.4 is 10.6 Å². The maximum absolute atomic E-state index is 9.22. The number of nitrogens with one attached hydrogen (secondary N) is 1. The normalized spacial score (nSPS) is 13.8. The van der Waals surface area contributed by atoms with Crippen molar-refractivity contribution >= 4 is 18.4 Å². The van der Waals surface area contributed by atoms with Crippen LogP contribution in [0.3, 0.4) is 0 Å². The van der Waals surface area contributed by atoms with Gasteiger partial charge in [-0.15, -0.1) is 0 Å². The molecule has 7 heteroatoms. The summed E-state index contributed by atoms with van der Waals surface area (Å²) >= 11 is 5.04. The number of benzene rings is 1. The van der Waals surface area contributed by atoms with E-state index in [4.69, 9.17) is 23.1 Å². The van der Waals surface area contributed by atoms with Gasteiger partial charge in [0.1, 0.15) is 30.5 Å². The van der Waals surface area contributed by atoms with Gasteiger partial charge in [0.25, 0.3) is 0 Å². The minimum Gasteiger partial charge on any atom is -0.759 e. The first-order valence-electron chi connectivity index (χ1n) is 8.24. The van der Waals surface area contributed by atoms with Gasteiger partial charge in [0.15, 0.2) is 0 Å². The molecule has 0 aliphatic carbocycles. The molecule has 134 valence electrons. The molecule has 0 atom stereocenters. The van der Waals surface area contributed by atoms with E-state index in [1.165, 1.54) is 13.1 Å². The second-order valence-corrected chi connectivity index (χ2v) is 6.47. The number of quaternary nitrogens is 1. The number of anilines is 1. The van der Waals surface area contributed by atoms with E-state index in [1.54, 1.807) is 4.90 Å². The number of hydrogen-bond donors (Lipinski definition) is 2. The van der Waals surface area contributed by atoms with Gasteiger partial charge in [0, 0.05) is 5.56 Å². The van der Waals surface area contributed by atoms with Crippen molar-refractivity contribution in [3.05, 3.63) is 41.0 Å². The predicted octanol–water partition coefficient (Wildman–Crippen LogP) is 0.820. The van der Waals surface area contributed by atoms with E-state index in [2.05, 4.69) is 12.0 Å². The molecule has 0 radical (unpaired) electrons. The maximum Gasteiger partial charge on any atom is 0.140 e. The molecule has 1 aliphatic heterocycles. The minimum atomic E-state index is 0.0575. The van der Waals surface area contributed by atoms with Crippen LogP contribution in [0.25, 0.3) is 11.1 Å². The lowest BCUT2D eigenvalue weighted by molar-refractivity contribution is -0.888. The Labute approximate surface area is 159 Å². The number of nitrogens with two attached hydrogens (primary N) is 1. The van der Waals surface area contributed by atoms with Crippen LogP contribution in [0.15, 0.2) is 29.3 Å². The molecule has 1 aromatic heterocycles. The van der Waals surface area contributed by atoms with Gasteiger partial charge in [-0.25, -0.2) is 0 Å². The highest BCUT2D eigenvalue weighted by Gasteiger charge is 2.15. The van der Waals surface area contributed by atoms with Gasteiger partial charge in [0.2, 0.25) is 0 Å². The van der Waals surface area contributed by atoms with E-state index in [0.29, 0.717) is 5.56 Å². The molecule has 2 aromatic rings. The van der Waals surface area contributed by atoms with Crippen LogP contribution in [0, 0.1) is 29.6 Å². The number of nitrogens with zero attached hydrogens (tertiary/aromatic N) is 3. The van der Waals surface area contributed by atoms with Gasteiger partial charge in [-0.1, -0.05) is 34.9 Å². The van der Waals surface area contributed by atoms with E-state index < -0.39 is 0 Å². The summed E-state index contributed by atoms with van der Waals surface area (Å²) in [6.45, 7) is 6.22. The average Bonchev–Trinajstić information content (AvgIpc) is 2.63. The number of nitriles is 2. The van der Waals surface area contributed by atoms with Crippen molar-refractivity contribution in [3.63, 3.8) is 0 Å². The molecule has 1 aliphatic rings. The van der Waals surface area contributed by atoms with Gasteiger partial charge < -0.3 is 28.0 Å². The molecular weight excluding hydrogens is 346 g/mol. The summed E-state index contributed by atoms with van der Waals surface area (Å²) in [5.74, 6) is 0.0575. The summed E-state index contributed by atoms with van der Waals surface area (Å²) in [6.07, 6.45) is 0. The summed E-state index contributed by atoms with van der Waals surface area (Å²) in [7, 11) is 2.20. The highest BCUT2D eigenvalue weighted by Crippen LogP contribution is 2.31. The smallest absolute Gasteiger partial charge is 0.140 e. The van der Waals surface area contributed by atoms with E-state index in [-0.39, 0.29) is 22.0 Å². The third-order valence-corrected chi connectivity index (χ3v) is 4.40. The van der Waals surface area contributed by atoms with E-state index in [9.17, 15) is 10.5 Å². The van der Waals surface area contributed by atoms with Crippen LogP contribution >= 0.6 is 0 Å². The van der Waals surface area contributed by atoms with Gasteiger partial charge in [0.05, 0.1) is 31.9 Å². The number of aromatic nitrogens is 1. The fourth-order valence-electron chi connectivity index (χ4n) is 2.53. The summed E-state index contributed by atoms with van der Waals surface area (Å²) in [5.41, 5.74) is 8.40. The van der Waals surface area contributed by atoms with Crippen LogP contribution in [0.1, 0.15) is 16.7 Å². The molecule has 6 nitrogen and oxygen atoms in total. The number of rotatable bonds is 1. The number of likely N-dealkylation sites (N-methyl/N-ethyl adjacent to an activating group) is 1. The zero-order valence-corrected chi connectivity index (χ0v) is 15.7. The Balaban J connectivity index is 0.000000290. The second-order valence-electron chi connectivity index (χ2n) is 6.09. The highest BCUT2D eigenvalue weighted by molar-refractivity contribution is 7.58. The Morgan fingerprint density at radius 3 is 2.15 bits per heavy atom. The molecule has 3 rings (SSSR count). The summed E-state index contributed by atoms with van der Waals surface area (Å²) < 4.78 is 5.12. The molecule has 2 heterocycles. The van der Waals surface area contributed by atoms with Crippen molar-refractivity contribution < 1.29 is 9.64 Å². The molecule has 3 N–H and O–H groups in total. The minimum absolute atomic E-state index is 0.0575. The van der Waals surface area contributed by atoms with Crippen LogP contribution in [-0.4, -0.2) is 38.3 Å². The van der Waals surface area contributed by atoms with Crippen LogP contribution in [0.2, 0.25) is 0 Å². The quantitative estimate of drug-likeness (QED) is 0.724. The SMILES string of the molecule is C[NH+]1CCOCC1.Cc1ccc(-c2c(C#N)c(N)nc([S-])c2C#N)cc1. The highest BCUT2D eigenvalue weighted by atomic mass is 32.1. The Bertz CT molecular complexity index is 808. The third-order valence-electron chi connectivity index (χ3n) is 4.10. The Kier molecular flexibility index (Phi) is 6.88. The van der Waals surface area contributed by atoms with Gasteiger partial charge in [-0.05, 0) is 12.5 Å². The average molecular weight is 367 g/mol. The number of pyridine rings is 1. The van der Waals surface area contributed by atoms with Crippen molar-refractivity contribution in [3.8, 4) is 23.3 Å². The number of aryl methyl sites for hydroxylation is 1. The van der Waals surface area contributed by atoms with Crippen LogP contribution in [0.5, 0.6) is 0 Å². The first kappa shape index (κ1) is 19.6. The molecule has 0 bridgehead atoms. The lowest BCUT2D eigenvalue weighted by Crippen LogP contribution is -3.11. The fraction of sp³-hybridized carbons (Fsp3) is 0.316. The van der Waals surface area contributed by atoms with Crippen molar-refractivity contribution in [2.45, 2.75) is 11.9 Å². The molecule has 0 saturated carbocycles. The molecule has 26 heavy (non-hydrogen) atoms. The van der Waals surface area contributed by atoms with Crippen LogP contribution in [-0.2, 0) is 17.4 Å². The maximum atomic E-state index is 9.22. The number of morpholine rings is 1. The van der Waals surface area contributed by atoms with Gasteiger partial charge in [-0.2, -0.15) is 10.5 Å². The lowest BCUT2D eigenvalue weighted by Gasteiger charge is -2.18. The Morgan fingerprint density at radius 1 is 1.12 bits per heavy atom. The van der Waals surface area contributed by atoms with Crippen molar-refractivity contribution in [1.29, 1.82) is 10.5 Å². The molecule has 1 saturated heterocycles. The molecule has 0 unspecified atom stereocenters. The molecule has 1 aromatic carbocycles. The van der Waals surface area contributed by atoms with E-state index in [1.807, 2.05) is 43.3 Å². The van der Waals surface area contributed by atoms with E-state index >= 15 is 0 Å². The number of hydrogen-bond acceptors (Lipinski definition) is 6. The monoisotopic (exact) mass is 367 g/mol. The number of ether oxygens (including phenoxy) is 1. The molecular formula is C19H21N5OS. The summed E-state index contributed by atoms with van der Waals surface area (Å²) in [4.78, 5) is 5.46. The first-order valence-corrected chi connectivity index (χ1v) is 8.65. The Hall–Kier alpha value is -2.71. The topological polar surface area (TPSA) is 100 Å². The lowest BCUT2D eigenvalue weighted by atomic mass is 9.96. The van der Waals surface area contributed by atoms with Crippen molar-refractivity contribution in [2.24, 2.45) is 0 Å². The Morgan fingerprint density at radius 2 is 1.69 bits per heavy atom. The summed E-state index contributed by atoms with van der Waals surface area (Å²) in [6, 6.07) is 11.5. The fourth-order valence-corrected chi connectivity index (χ4v) is 2.77. The predicted molar refractivity (Wildman–Crippen MR) is 101 cm³/mol. The summed E-state index contributed by atoms with van der Waals surface area (Å²) in [5, 5.41) is 18.6. The van der Waals surface area contributed by atoms with Gasteiger partial charge >= 0.3 is 0 Å². The van der Waals surface area contributed by atoms with Crippen molar-refractivity contribution in [1.82, 2.24) is 4.98 Å². The largest absolute Gasteiger partial charge is 0.759 e. The van der Waals surface area contributed by atoms with Crippen LogP contribution in [0.4, 0.5) is 5.82 Å². The standard InChI is InChI=1S/C14H10N4S.C5H11NO/c1-8-2-4-9(5-3-8)12-10(6-15)13(17)18-14(19)11(12)7-16;1-6-2-4-7-5-3-6/h2-5H,1H3,(H3,17,18,19);2-5H2,1H3. The molecule has 0 spiro atoms. The molecule has 1 fully saturated rings. The van der Waals surface area contributed by atoms with Crippen molar-refractivity contribution in [2.75, 3.05) is 39.1 Å². The zero-order valence-electron chi connectivity index (χ0n) is 14.9. The van der Waals surface area contributed by atoms with Gasteiger partial charge in [-0.3, -0.25) is 4.98 Å². The van der Waals surface area contributed by atoms with E-state index in [0.717, 1.165) is 24.3 Å². The number of nitrogen functional groups attached to an aromatic ring is 1. The first-order chi connectivity index (χ1) is 12.5. The second kappa shape index (κ2) is 9.12.